The first-order valence-electron chi connectivity index (χ1n) is 10.4. The second-order valence-electron chi connectivity index (χ2n) is 8.13. The number of amides is 1. The highest BCUT2D eigenvalue weighted by Gasteiger charge is 2.18. The number of nitrogens with zero attached hydrogens (tertiary/aromatic N) is 3. The van der Waals surface area contributed by atoms with Gasteiger partial charge in [0.25, 0.3) is 5.91 Å². The Morgan fingerprint density at radius 1 is 1.06 bits per heavy atom. The van der Waals surface area contributed by atoms with Crippen molar-refractivity contribution < 1.29 is 13.2 Å². The standard InChI is InChI=1S/C23H22N4O3S2/c1-14-11-21(25-22(28)15-7-9-18(10-8-15)32(2,29)30)27(26-14)23-24-19-12-16-5-3-4-6-17(16)13-20(19)31-23/h7-13H,3-6H2,1-2H3,(H,25,28). The molecule has 1 N–H and O–H groups in total. The van der Waals surface area contributed by atoms with Gasteiger partial charge in [0.1, 0.15) is 5.82 Å². The van der Waals surface area contributed by atoms with Crippen molar-refractivity contribution >= 4 is 43.1 Å². The third-order valence-electron chi connectivity index (χ3n) is 5.64. The second-order valence-corrected chi connectivity index (χ2v) is 11.2. The van der Waals surface area contributed by atoms with E-state index in [9.17, 15) is 13.2 Å². The Morgan fingerprint density at radius 2 is 1.75 bits per heavy atom. The van der Waals surface area contributed by atoms with Crippen LogP contribution in [-0.4, -0.2) is 35.3 Å². The van der Waals surface area contributed by atoms with Crippen LogP contribution in [0.3, 0.4) is 0 Å². The maximum Gasteiger partial charge on any atom is 0.256 e. The number of aryl methyl sites for hydroxylation is 3. The molecule has 0 unspecified atom stereocenters. The van der Waals surface area contributed by atoms with Crippen molar-refractivity contribution in [2.45, 2.75) is 37.5 Å². The molecule has 2 heterocycles. The molecular weight excluding hydrogens is 444 g/mol. The predicted octanol–water partition coefficient (Wildman–Crippen LogP) is 4.33. The van der Waals surface area contributed by atoms with E-state index in [0.29, 0.717) is 16.5 Å². The first-order chi connectivity index (χ1) is 15.3. The van der Waals surface area contributed by atoms with Crippen LogP contribution in [0.5, 0.6) is 0 Å². The van der Waals surface area contributed by atoms with Crippen molar-refractivity contribution in [3.63, 3.8) is 0 Å². The molecule has 5 rings (SSSR count). The summed E-state index contributed by atoms with van der Waals surface area (Å²) < 4.78 is 26.1. The molecular formula is C23H22N4O3S2. The van der Waals surface area contributed by atoms with Crippen molar-refractivity contribution in [2.75, 3.05) is 11.6 Å². The van der Waals surface area contributed by atoms with Crippen molar-refractivity contribution in [3.05, 3.63) is 64.8 Å². The summed E-state index contributed by atoms with van der Waals surface area (Å²) in [6, 6.07) is 12.1. The third-order valence-corrected chi connectivity index (χ3v) is 7.76. The lowest BCUT2D eigenvalue weighted by molar-refractivity contribution is 0.102. The van der Waals surface area contributed by atoms with Crippen LogP contribution >= 0.6 is 11.3 Å². The Labute approximate surface area is 190 Å². The maximum absolute atomic E-state index is 12.8. The van der Waals surface area contributed by atoms with Crippen molar-refractivity contribution in [1.29, 1.82) is 0 Å². The number of sulfone groups is 1. The van der Waals surface area contributed by atoms with Gasteiger partial charge in [-0.05, 0) is 80.1 Å². The normalized spacial score (nSPS) is 13.8. The van der Waals surface area contributed by atoms with Gasteiger partial charge in [-0.25, -0.2) is 13.4 Å². The summed E-state index contributed by atoms with van der Waals surface area (Å²) in [7, 11) is -3.32. The van der Waals surface area contributed by atoms with Gasteiger partial charge in [-0.3, -0.25) is 4.79 Å². The third kappa shape index (κ3) is 3.93. The van der Waals surface area contributed by atoms with E-state index < -0.39 is 9.84 Å². The lowest BCUT2D eigenvalue weighted by atomic mass is 9.92. The summed E-state index contributed by atoms with van der Waals surface area (Å²) in [4.78, 5) is 17.8. The fourth-order valence-electron chi connectivity index (χ4n) is 4.01. The number of benzene rings is 2. The zero-order chi connectivity index (χ0) is 22.5. The molecule has 4 aromatic rings. The smallest absolute Gasteiger partial charge is 0.256 e. The Balaban J connectivity index is 1.46. The van der Waals surface area contributed by atoms with Gasteiger partial charge in [0.05, 0.1) is 20.8 Å². The second kappa shape index (κ2) is 7.83. The lowest BCUT2D eigenvalue weighted by Crippen LogP contribution is -2.15. The number of fused-ring (bicyclic) bond motifs is 2. The van der Waals surface area contributed by atoms with E-state index in [1.165, 1.54) is 48.2 Å². The van der Waals surface area contributed by atoms with Crippen molar-refractivity contribution in [2.24, 2.45) is 0 Å². The van der Waals surface area contributed by atoms with E-state index in [2.05, 4.69) is 22.5 Å². The Morgan fingerprint density at radius 3 is 2.44 bits per heavy atom. The molecule has 0 radical (unpaired) electrons. The minimum atomic E-state index is -3.32. The summed E-state index contributed by atoms with van der Waals surface area (Å²) in [5.74, 6) is 0.172. The lowest BCUT2D eigenvalue weighted by Gasteiger charge is -2.14. The largest absolute Gasteiger partial charge is 0.306 e. The highest BCUT2D eigenvalue weighted by atomic mass is 32.2. The van der Waals surface area contributed by atoms with Gasteiger partial charge in [-0.2, -0.15) is 9.78 Å². The molecule has 2 aromatic carbocycles. The summed E-state index contributed by atoms with van der Waals surface area (Å²) in [5.41, 5.74) is 4.85. The van der Waals surface area contributed by atoms with Crippen LogP contribution in [-0.2, 0) is 22.7 Å². The molecule has 0 spiro atoms. The van der Waals surface area contributed by atoms with E-state index in [-0.39, 0.29) is 10.8 Å². The summed E-state index contributed by atoms with van der Waals surface area (Å²) >= 11 is 1.55. The quantitative estimate of drug-likeness (QED) is 0.483. The molecule has 2 aromatic heterocycles. The summed E-state index contributed by atoms with van der Waals surface area (Å²) in [5, 5.41) is 8.11. The monoisotopic (exact) mass is 466 g/mol. The molecule has 1 aliphatic rings. The van der Waals surface area contributed by atoms with Crippen LogP contribution in [0.2, 0.25) is 0 Å². The van der Waals surface area contributed by atoms with E-state index >= 15 is 0 Å². The average Bonchev–Trinajstić information content (AvgIpc) is 3.33. The Bertz CT molecular complexity index is 1410. The SMILES string of the molecule is Cc1cc(NC(=O)c2ccc(S(C)(=O)=O)cc2)n(-c2nc3cc4c(cc3s2)CCCC4)n1. The molecule has 0 bridgehead atoms. The van der Waals surface area contributed by atoms with Gasteiger partial charge in [-0.1, -0.05) is 11.3 Å². The topological polar surface area (TPSA) is 94.0 Å². The Hall–Kier alpha value is -3.04. The number of hydrogen-bond donors (Lipinski definition) is 1. The minimum Gasteiger partial charge on any atom is -0.306 e. The molecule has 164 valence electrons. The average molecular weight is 467 g/mol. The van der Waals surface area contributed by atoms with Crippen LogP contribution in [0.4, 0.5) is 5.82 Å². The number of aromatic nitrogens is 3. The van der Waals surface area contributed by atoms with Crippen LogP contribution in [0.1, 0.15) is 40.0 Å². The number of nitrogens with one attached hydrogen (secondary N) is 1. The number of rotatable bonds is 4. The molecule has 0 fully saturated rings. The first kappa shape index (κ1) is 20.8. The van der Waals surface area contributed by atoms with Crippen molar-refractivity contribution in [3.8, 4) is 5.13 Å². The van der Waals surface area contributed by atoms with E-state index in [1.807, 2.05) is 6.92 Å². The van der Waals surface area contributed by atoms with Crippen LogP contribution < -0.4 is 5.32 Å². The molecule has 1 aliphatic carbocycles. The minimum absolute atomic E-state index is 0.173. The number of thiazole rings is 1. The van der Waals surface area contributed by atoms with Gasteiger partial charge >= 0.3 is 0 Å². The molecule has 0 atom stereocenters. The van der Waals surface area contributed by atoms with E-state index in [4.69, 9.17) is 4.98 Å². The Kier molecular flexibility index (Phi) is 5.10. The fourth-order valence-corrected chi connectivity index (χ4v) is 5.62. The molecule has 1 amide bonds. The van der Waals surface area contributed by atoms with Gasteiger partial charge < -0.3 is 5.32 Å². The van der Waals surface area contributed by atoms with E-state index in [0.717, 1.165) is 35.0 Å². The number of carbonyl (C=O) groups is 1. The highest BCUT2D eigenvalue weighted by Crippen LogP contribution is 2.32. The molecule has 0 aliphatic heterocycles. The van der Waals surface area contributed by atoms with Crippen LogP contribution in [0.15, 0.2) is 47.4 Å². The molecule has 0 saturated carbocycles. The summed E-state index contributed by atoms with van der Waals surface area (Å²) in [6.07, 6.45) is 5.79. The maximum atomic E-state index is 12.8. The van der Waals surface area contributed by atoms with Gasteiger partial charge in [0.15, 0.2) is 9.84 Å². The number of carbonyl (C=O) groups excluding carboxylic acids is 1. The fraction of sp³-hybridized carbons (Fsp3) is 0.261. The zero-order valence-electron chi connectivity index (χ0n) is 17.8. The van der Waals surface area contributed by atoms with Crippen molar-refractivity contribution in [1.82, 2.24) is 14.8 Å². The molecule has 32 heavy (non-hydrogen) atoms. The molecule has 9 heteroatoms. The zero-order valence-corrected chi connectivity index (χ0v) is 19.4. The molecule has 0 saturated heterocycles. The highest BCUT2D eigenvalue weighted by molar-refractivity contribution is 7.90. The van der Waals surface area contributed by atoms with Crippen LogP contribution in [0, 0.1) is 6.92 Å². The van der Waals surface area contributed by atoms with E-state index in [1.54, 1.807) is 22.1 Å². The number of anilines is 1. The van der Waals surface area contributed by atoms with Gasteiger partial charge in [0.2, 0.25) is 5.13 Å². The van der Waals surface area contributed by atoms with Crippen LogP contribution in [0.25, 0.3) is 15.3 Å². The van der Waals surface area contributed by atoms with Gasteiger partial charge in [-0.15, -0.1) is 0 Å². The van der Waals surface area contributed by atoms with Gasteiger partial charge in [0, 0.05) is 17.9 Å². The first-order valence-corrected chi connectivity index (χ1v) is 13.1. The summed E-state index contributed by atoms with van der Waals surface area (Å²) in [6.45, 7) is 1.86. The molecule has 7 nitrogen and oxygen atoms in total. The predicted molar refractivity (Wildman–Crippen MR) is 126 cm³/mol. The number of hydrogen-bond acceptors (Lipinski definition) is 6.